The summed E-state index contributed by atoms with van der Waals surface area (Å²) in [6, 6.07) is 10.7. The molecule has 1 aromatic carbocycles. The summed E-state index contributed by atoms with van der Waals surface area (Å²) in [6.45, 7) is 3.58. The zero-order chi connectivity index (χ0) is 14.6. The van der Waals surface area contributed by atoms with Gasteiger partial charge in [-0.3, -0.25) is 4.79 Å². The van der Waals surface area contributed by atoms with Gasteiger partial charge in [0.25, 0.3) is 5.91 Å². The van der Waals surface area contributed by atoms with Crippen molar-refractivity contribution < 1.29 is 14.6 Å². The first kappa shape index (κ1) is 14.6. The van der Waals surface area contributed by atoms with E-state index in [1.807, 2.05) is 11.4 Å². The van der Waals surface area contributed by atoms with E-state index in [-0.39, 0.29) is 12.5 Å². The number of ether oxygens (including phenoxy) is 1. The summed E-state index contributed by atoms with van der Waals surface area (Å²) < 4.78 is 5.44. The molecular weight excluding hydrogens is 274 g/mol. The Kier molecular flexibility index (Phi) is 4.42. The smallest absolute Gasteiger partial charge is 0.265 e. The van der Waals surface area contributed by atoms with Crippen LogP contribution >= 0.6 is 11.3 Å². The summed E-state index contributed by atoms with van der Waals surface area (Å²) in [4.78, 5) is 12.5. The van der Waals surface area contributed by atoms with Gasteiger partial charge in [0, 0.05) is 5.69 Å². The lowest BCUT2D eigenvalue weighted by Crippen LogP contribution is -2.27. The highest BCUT2D eigenvalue weighted by molar-refractivity contribution is 7.12. The van der Waals surface area contributed by atoms with Crippen LogP contribution in [0, 0.1) is 0 Å². The number of amides is 1. The number of hydrogen-bond acceptors (Lipinski definition) is 4. The predicted octanol–water partition coefficient (Wildman–Crippen LogP) is 3.15. The Balaban J connectivity index is 1.93. The average molecular weight is 291 g/mol. The van der Waals surface area contributed by atoms with Crippen LogP contribution in [0.25, 0.3) is 0 Å². The second-order valence-electron chi connectivity index (χ2n) is 5.06. The molecule has 0 spiro atoms. The normalized spacial score (nSPS) is 11.2. The molecule has 0 unspecified atom stereocenters. The summed E-state index contributed by atoms with van der Waals surface area (Å²) in [5, 5.41) is 14.3. The van der Waals surface area contributed by atoms with Crippen molar-refractivity contribution in [3.8, 4) is 5.75 Å². The highest BCUT2D eigenvalue weighted by Gasteiger charge is 2.13. The predicted molar refractivity (Wildman–Crippen MR) is 80.5 cm³/mol. The van der Waals surface area contributed by atoms with Crippen LogP contribution in [0.3, 0.4) is 0 Å². The van der Waals surface area contributed by atoms with Crippen LogP contribution in [0.5, 0.6) is 5.75 Å². The zero-order valence-electron chi connectivity index (χ0n) is 11.4. The lowest BCUT2D eigenvalue weighted by atomic mass is 10.2. The van der Waals surface area contributed by atoms with E-state index in [1.165, 1.54) is 11.3 Å². The second kappa shape index (κ2) is 6.07. The fourth-order valence-corrected chi connectivity index (χ4v) is 2.11. The van der Waals surface area contributed by atoms with Crippen LogP contribution in [-0.2, 0) is 0 Å². The van der Waals surface area contributed by atoms with Crippen molar-refractivity contribution in [2.45, 2.75) is 19.4 Å². The standard InChI is InChI=1S/C15H17NO3S/c1-15(2,18)10-19-12-7-5-11(6-8-12)16-14(17)13-4-3-9-20-13/h3-9,18H,10H2,1-2H3,(H,16,17). The lowest BCUT2D eigenvalue weighted by Gasteiger charge is -2.17. The van der Waals surface area contributed by atoms with Gasteiger partial charge in [-0.15, -0.1) is 11.3 Å². The molecule has 0 saturated carbocycles. The molecule has 0 atom stereocenters. The Hall–Kier alpha value is -1.85. The quantitative estimate of drug-likeness (QED) is 0.889. The number of rotatable bonds is 5. The molecule has 2 aromatic rings. The molecule has 0 aliphatic heterocycles. The van der Waals surface area contributed by atoms with Gasteiger partial charge in [0.1, 0.15) is 12.4 Å². The van der Waals surface area contributed by atoms with Crippen molar-refractivity contribution in [2.24, 2.45) is 0 Å². The van der Waals surface area contributed by atoms with Crippen molar-refractivity contribution >= 4 is 22.9 Å². The second-order valence-corrected chi connectivity index (χ2v) is 6.00. The molecule has 106 valence electrons. The third-order valence-corrected chi connectivity index (χ3v) is 3.32. The molecular formula is C15H17NO3S. The van der Waals surface area contributed by atoms with Crippen molar-refractivity contribution in [2.75, 3.05) is 11.9 Å². The van der Waals surface area contributed by atoms with Crippen LogP contribution < -0.4 is 10.1 Å². The minimum absolute atomic E-state index is 0.120. The first-order valence-electron chi connectivity index (χ1n) is 6.24. The monoisotopic (exact) mass is 291 g/mol. The summed E-state index contributed by atoms with van der Waals surface area (Å²) in [5.74, 6) is 0.534. The van der Waals surface area contributed by atoms with E-state index in [2.05, 4.69) is 5.32 Å². The fraction of sp³-hybridized carbons (Fsp3) is 0.267. The van der Waals surface area contributed by atoms with Gasteiger partial charge in [0.15, 0.2) is 0 Å². The SMILES string of the molecule is CC(C)(O)COc1ccc(NC(=O)c2cccs2)cc1. The Bertz CT molecular complexity index is 556. The first-order valence-corrected chi connectivity index (χ1v) is 7.12. The number of anilines is 1. The Morgan fingerprint density at radius 3 is 2.55 bits per heavy atom. The van der Waals surface area contributed by atoms with E-state index >= 15 is 0 Å². The maximum absolute atomic E-state index is 11.9. The first-order chi connectivity index (χ1) is 9.44. The van der Waals surface area contributed by atoms with Gasteiger partial charge in [-0.05, 0) is 49.6 Å². The van der Waals surface area contributed by atoms with Gasteiger partial charge >= 0.3 is 0 Å². The van der Waals surface area contributed by atoms with Crippen LogP contribution in [0.2, 0.25) is 0 Å². The summed E-state index contributed by atoms with van der Waals surface area (Å²) >= 11 is 1.40. The Morgan fingerprint density at radius 1 is 1.30 bits per heavy atom. The largest absolute Gasteiger partial charge is 0.491 e. The summed E-state index contributed by atoms with van der Waals surface area (Å²) in [5.41, 5.74) is -0.162. The van der Waals surface area contributed by atoms with Gasteiger partial charge in [-0.1, -0.05) is 6.07 Å². The molecule has 4 nitrogen and oxygen atoms in total. The van der Waals surface area contributed by atoms with Gasteiger partial charge in [-0.2, -0.15) is 0 Å². The number of hydrogen-bond donors (Lipinski definition) is 2. The van der Waals surface area contributed by atoms with Gasteiger partial charge in [0.05, 0.1) is 10.5 Å². The molecule has 0 fully saturated rings. The number of carbonyl (C=O) groups excluding carboxylic acids is 1. The lowest BCUT2D eigenvalue weighted by molar-refractivity contribution is 0.0285. The van der Waals surface area contributed by atoms with Crippen LogP contribution in [0.4, 0.5) is 5.69 Å². The van der Waals surface area contributed by atoms with Crippen LogP contribution in [-0.4, -0.2) is 23.2 Å². The minimum atomic E-state index is -0.869. The number of nitrogens with one attached hydrogen (secondary N) is 1. The molecule has 5 heteroatoms. The van der Waals surface area contributed by atoms with E-state index in [9.17, 15) is 9.90 Å². The summed E-state index contributed by atoms with van der Waals surface area (Å²) in [7, 11) is 0. The zero-order valence-corrected chi connectivity index (χ0v) is 12.2. The van der Waals surface area contributed by atoms with Crippen LogP contribution in [0.15, 0.2) is 41.8 Å². The third kappa shape index (κ3) is 4.36. The Morgan fingerprint density at radius 2 is 2.00 bits per heavy atom. The molecule has 0 aliphatic rings. The van der Waals surface area contributed by atoms with Gasteiger partial charge < -0.3 is 15.2 Å². The third-order valence-electron chi connectivity index (χ3n) is 2.45. The van der Waals surface area contributed by atoms with Crippen molar-refractivity contribution in [3.63, 3.8) is 0 Å². The maximum Gasteiger partial charge on any atom is 0.265 e. The highest BCUT2D eigenvalue weighted by atomic mass is 32.1. The Labute approximate surface area is 122 Å². The van der Waals surface area contributed by atoms with Crippen molar-refractivity contribution in [3.05, 3.63) is 46.7 Å². The molecule has 0 aliphatic carbocycles. The molecule has 20 heavy (non-hydrogen) atoms. The molecule has 1 amide bonds. The average Bonchev–Trinajstić information content (AvgIpc) is 2.91. The van der Waals surface area contributed by atoms with Gasteiger partial charge in [0.2, 0.25) is 0 Å². The highest BCUT2D eigenvalue weighted by Crippen LogP contribution is 2.18. The van der Waals surface area contributed by atoms with Crippen molar-refractivity contribution in [1.82, 2.24) is 0 Å². The molecule has 2 rings (SSSR count). The van der Waals surface area contributed by atoms with E-state index in [4.69, 9.17) is 4.74 Å². The molecule has 0 saturated heterocycles. The molecule has 0 bridgehead atoms. The van der Waals surface area contributed by atoms with E-state index in [1.54, 1.807) is 44.2 Å². The van der Waals surface area contributed by atoms with E-state index < -0.39 is 5.60 Å². The fourth-order valence-electron chi connectivity index (χ4n) is 1.49. The topological polar surface area (TPSA) is 58.6 Å². The molecule has 1 aromatic heterocycles. The van der Waals surface area contributed by atoms with E-state index in [0.29, 0.717) is 16.3 Å². The number of carbonyl (C=O) groups is 1. The summed E-state index contributed by atoms with van der Waals surface area (Å²) in [6.07, 6.45) is 0. The van der Waals surface area contributed by atoms with E-state index in [0.717, 1.165) is 0 Å². The number of benzene rings is 1. The molecule has 1 heterocycles. The molecule has 0 radical (unpaired) electrons. The minimum Gasteiger partial charge on any atom is -0.491 e. The number of aliphatic hydroxyl groups is 1. The molecule has 2 N–H and O–H groups in total. The van der Waals surface area contributed by atoms with Gasteiger partial charge in [-0.25, -0.2) is 0 Å². The maximum atomic E-state index is 11.9. The van der Waals surface area contributed by atoms with Crippen molar-refractivity contribution in [1.29, 1.82) is 0 Å². The van der Waals surface area contributed by atoms with Crippen LogP contribution in [0.1, 0.15) is 23.5 Å². The number of thiophene rings is 1.